The van der Waals surface area contributed by atoms with Crippen LogP contribution in [0.5, 0.6) is 11.5 Å². The highest BCUT2D eigenvalue weighted by molar-refractivity contribution is 6.30. The van der Waals surface area contributed by atoms with Crippen LogP contribution in [-0.4, -0.2) is 24.4 Å². The van der Waals surface area contributed by atoms with E-state index in [1.54, 1.807) is 32.4 Å². The molecule has 3 rings (SSSR count). The Balaban J connectivity index is 1.74. The summed E-state index contributed by atoms with van der Waals surface area (Å²) in [4.78, 5) is 4.38. The van der Waals surface area contributed by atoms with Gasteiger partial charge in [0.1, 0.15) is 11.5 Å². The molecule has 124 valence electrons. The van der Waals surface area contributed by atoms with E-state index in [0.717, 1.165) is 17.0 Å². The molecule has 0 bridgehead atoms. The third kappa shape index (κ3) is 3.60. The van der Waals surface area contributed by atoms with Crippen LogP contribution in [0.4, 0.5) is 5.69 Å². The molecule has 1 N–H and O–H groups in total. The summed E-state index contributed by atoms with van der Waals surface area (Å²) in [6.45, 7) is 0.355. The van der Waals surface area contributed by atoms with Crippen molar-refractivity contribution in [3.63, 3.8) is 0 Å². The van der Waals surface area contributed by atoms with Gasteiger partial charge in [0.15, 0.2) is 0 Å². The van der Waals surface area contributed by atoms with Crippen LogP contribution in [-0.2, 0) is 6.54 Å². The van der Waals surface area contributed by atoms with Gasteiger partial charge in [0.2, 0.25) is 11.7 Å². The minimum Gasteiger partial charge on any atom is -0.497 e. The number of hydrogen-bond acceptors (Lipinski definition) is 6. The van der Waals surface area contributed by atoms with Crippen molar-refractivity contribution in [1.29, 1.82) is 0 Å². The van der Waals surface area contributed by atoms with E-state index < -0.39 is 0 Å². The largest absolute Gasteiger partial charge is 0.497 e. The second-order valence-corrected chi connectivity index (χ2v) is 5.38. The van der Waals surface area contributed by atoms with Gasteiger partial charge < -0.3 is 19.3 Å². The monoisotopic (exact) mass is 345 g/mol. The topological polar surface area (TPSA) is 69.4 Å². The third-order valence-corrected chi connectivity index (χ3v) is 3.62. The summed E-state index contributed by atoms with van der Waals surface area (Å²) < 4.78 is 15.8. The molecular formula is C17H16ClN3O3. The number of rotatable bonds is 6. The highest BCUT2D eigenvalue weighted by atomic mass is 35.5. The molecule has 0 aliphatic rings. The Morgan fingerprint density at radius 1 is 1.12 bits per heavy atom. The first-order valence-electron chi connectivity index (χ1n) is 7.24. The molecule has 0 saturated carbocycles. The summed E-state index contributed by atoms with van der Waals surface area (Å²) in [5.74, 6) is 2.38. The molecule has 0 unspecified atom stereocenters. The smallest absolute Gasteiger partial charge is 0.246 e. The van der Waals surface area contributed by atoms with Crippen LogP contribution in [0.3, 0.4) is 0 Å². The van der Waals surface area contributed by atoms with Gasteiger partial charge in [-0.15, -0.1) is 0 Å². The molecule has 1 heterocycles. The summed E-state index contributed by atoms with van der Waals surface area (Å²) in [5.41, 5.74) is 1.58. The van der Waals surface area contributed by atoms with Crippen LogP contribution in [0.25, 0.3) is 11.4 Å². The molecule has 2 aromatic carbocycles. The van der Waals surface area contributed by atoms with Crippen molar-refractivity contribution in [2.75, 3.05) is 19.5 Å². The minimum absolute atomic E-state index is 0.355. The zero-order valence-corrected chi connectivity index (χ0v) is 14.0. The number of hydrogen-bond donors (Lipinski definition) is 1. The Morgan fingerprint density at radius 3 is 2.79 bits per heavy atom. The second kappa shape index (κ2) is 7.23. The van der Waals surface area contributed by atoms with Crippen molar-refractivity contribution >= 4 is 17.3 Å². The van der Waals surface area contributed by atoms with Crippen LogP contribution >= 0.6 is 11.6 Å². The Kier molecular flexibility index (Phi) is 4.86. The van der Waals surface area contributed by atoms with Crippen molar-refractivity contribution in [2.24, 2.45) is 0 Å². The van der Waals surface area contributed by atoms with Crippen molar-refractivity contribution in [3.8, 4) is 22.9 Å². The molecule has 0 aliphatic heterocycles. The van der Waals surface area contributed by atoms with E-state index in [0.29, 0.717) is 29.0 Å². The standard InChI is InChI=1S/C17H16ClN3O3/c1-22-13-5-3-4-11(8-13)17-20-16(24-21-17)10-19-14-9-12(18)6-7-15(14)23-2/h3-9,19H,10H2,1-2H3. The summed E-state index contributed by atoms with van der Waals surface area (Å²) in [7, 11) is 3.21. The maximum absolute atomic E-state index is 6.01. The minimum atomic E-state index is 0.355. The van der Waals surface area contributed by atoms with Gasteiger partial charge in [-0.05, 0) is 30.3 Å². The van der Waals surface area contributed by atoms with Crippen molar-refractivity contribution in [3.05, 3.63) is 53.4 Å². The maximum atomic E-state index is 6.01. The highest BCUT2D eigenvalue weighted by Crippen LogP contribution is 2.28. The van der Waals surface area contributed by atoms with Gasteiger partial charge in [-0.2, -0.15) is 4.98 Å². The van der Waals surface area contributed by atoms with Gasteiger partial charge in [0, 0.05) is 10.6 Å². The Bertz CT molecular complexity index is 835. The molecule has 7 heteroatoms. The van der Waals surface area contributed by atoms with Gasteiger partial charge in [-0.25, -0.2) is 0 Å². The number of anilines is 1. The van der Waals surface area contributed by atoms with E-state index in [-0.39, 0.29) is 0 Å². The lowest BCUT2D eigenvalue weighted by molar-refractivity contribution is 0.383. The van der Waals surface area contributed by atoms with Gasteiger partial charge >= 0.3 is 0 Å². The van der Waals surface area contributed by atoms with Crippen LogP contribution in [0.1, 0.15) is 5.89 Å². The van der Waals surface area contributed by atoms with Crippen molar-refractivity contribution < 1.29 is 14.0 Å². The molecule has 0 saturated heterocycles. The molecule has 0 spiro atoms. The fourth-order valence-electron chi connectivity index (χ4n) is 2.20. The first-order valence-corrected chi connectivity index (χ1v) is 7.62. The molecule has 0 fully saturated rings. The van der Waals surface area contributed by atoms with Crippen molar-refractivity contribution in [1.82, 2.24) is 10.1 Å². The molecular weight excluding hydrogens is 330 g/mol. The van der Waals surface area contributed by atoms with Gasteiger partial charge in [0.05, 0.1) is 26.5 Å². The molecule has 6 nitrogen and oxygen atoms in total. The van der Waals surface area contributed by atoms with Crippen LogP contribution < -0.4 is 14.8 Å². The SMILES string of the molecule is COc1cccc(-c2noc(CNc3cc(Cl)ccc3OC)n2)c1. The van der Waals surface area contributed by atoms with E-state index in [4.69, 9.17) is 25.6 Å². The Labute approximate surface area is 144 Å². The molecule has 0 amide bonds. The predicted octanol–water partition coefficient (Wildman–Crippen LogP) is 4.02. The van der Waals surface area contributed by atoms with Gasteiger partial charge in [-0.3, -0.25) is 0 Å². The van der Waals surface area contributed by atoms with E-state index in [9.17, 15) is 0 Å². The van der Waals surface area contributed by atoms with E-state index in [2.05, 4.69) is 15.5 Å². The Morgan fingerprint density at radius 2 is 2.00 bits per heavy atom. The molecule has 3 aromatic rings. The van der Waals surface area contributed by atoms with E-state index in [1.807, 2.05) is 24.3 Å². The fourth-order valence-corrected chi connectivity index (χ4v) is 2.37. The third-order valence-electron chi connectivity index (χ3n) is 3.39. The number of nitrogens with one attached hydrogen (secondary N) is 1. The second-order valence-electron chi connectivity index (χ2n) is 4.94. The predicted molar refractivity (Wildman–Crippen MR) is 91.6 cm³/mol. The Hall–Kier alpha value is -2.73. The maximum Gasteiger partial charge on any atom is 0.246 e. The zero-order valence-electron chi connectivity index (χ0n) is 13.2. The fraction of sp³-hybridized carbons (Fsp3) is 0.176. The number of halogens is 1. The van der Waals surface area contributed by atoms with Gasteiger partial charge in [0.25, 0.3) is 0 Å². The number of nitrogens with zero attached hydrogens (tertiary/aromatic N) is 2. The average Bonchev–Trinajstić information content (AvgIpc) is 3.09. The lowest BCUT2D eigenvalue weighted by Gasteiger charge is -2.09. The summed E-state index contributed by atoms with van der Waals surface area (Å²) in [6.07, 6.45) is 0. The van der Waals surface area contributed by atoms with Crippen LogP contribution in [0.2, 0.25) is 5.02 Å². The summed E-state index contributed by atoms with van der Waals surface area (Å²) in [5, 5.41) is 7.79. The number of ether oxygens (including phenoxy) is 2. The highest BCUT2D eigenvalue weighted by Gasteiger charge is 2.10. The van der Waals surface area contributed by atoms with E-state index >= 15 is 0 Å². The molecule has 1 aromatic heterocycles. The normalized spacial score (nSPS) is 10.5. The van der Waals surface area contributed by atoms with Crippen LogP contribution in [0.15, 0.2) is 47.0 Å². The lowest BCUT2D eigenvalue weighted by atomic mass is 10.2. The number of benzene rings is 2. The average molecular weight is 346 g/mol. The molecule has 0 aliphatic carbocycles. The quantitative estimate of drug-likeness (QED) is 0.727. The number of methoxy groups -OCH3 is 2. The summed E-state index contributed by atoms with van der Waals surface area (Å²) in [6, 6.07) is 12.8. The van der Waals surface area contributed by atoms with Crippen molar-refractivity contribution in [2.45, 2.75) is 6.54 Å². The molecule has 0 atom stereocenters. The van der Waals surface area contributed by atoms with E-state index in [1.165, 1.54) is 0 Å². The van der Waals surface area contributed by atoms with Gasteiger partial charge in [-0.1, -0.05) is 28.9 Å². The number of aromatic nitrogens is 2. The first-order chi connectivity index (χ1) is 11.7. The first kappa shape index (κ1) is 16.1. The van der Waals surface area contributed by atoms with Crippen LogP contribution in [0, 0.1) is 0 Å². The zero-order chi connectivity index (χ0) is 16.9. The summed E-state index contributed by atoms with van der Waals surface area (Å²) >= 11 is 6.01. The molecule has 24 heavy (non-hydrogen) atoms. The lowest BCUT2D eigenvalue weighted by Crippen LogP contribution is -2.01. The molecule has 0 radical (unpaired) electrons.